The molecule has 1 aromatic rings. The van der Waals surface area contributed by atoms with Gasteiger partial charge in [0, 0.05) is 11.5 Å². The third kappa shape index (κ3) is 2.42. The Morgan fingerprint density at radius 2 is 2.05 bits per heavy atom. The van der Waals surface area contributed by atoms with Gasteiger partial charge in [-0.1, -0.05) is 37.3 Å². The molecule has 1 aliphatic heterocycles. The van der Waals surface area contributed by atoms with E-state index in [1.807, 2.05) is 6.26 Å². The number of nitrogens with one attached hydrogen (secondary N) is 1. The molecule has 1 N–H and O–H groups in total. The van der Waals surface area contributed by atoms with E-state index >= 15 is 0 Å². The summed E-state index contributed by atoms with van der Waals surface area (Å²) >= 11 is 0. The summed E-state index contributed by atoms with van der Waals surface area (Å²) in [5.41, 5.74) is 3.24. The Balaban J connectivity index is 1.89. The van der Waals surface area contributed by atoms with E-state index in [0.717, 1.165) is 19.6 Å². The number of ether oxygens (including phenoxy) is 1. The Hall–Kier alpha value is -1.28. The molecule has 1 saturated carbocycles. The Bertz CT molecular complexity index is 448. The first-order chi connectivity index (χ1) is 9.37. The van der Waals surface area contributed by atoms with Gasteiger partial charge in [-0.2, -0.15) is 0 Å². The lowest BCUT2D eigenvalue weighted by Gasteiger charge is -2.32. The molecule has 0 spiro atoms. The fourth-order valence-electron chi connectivity index (χ4n) is 3.33. The lowest BCUT2D eigenvalue weighted by atomic mass is 9.82. The first kappa shape index (κ1) is 12.7. The van der Waals surface area contributed by atoms with Gasteiger partial charge in [0.25, 0.3) is 0 Å². The van der Waals surface area contributed by atoms with Gasteiger partial charge in [0.05, 0.1) is 12.9 Å². The highest BCUT2D eigenvalue weighted by Crippen LogP contribution is 2.53. The predicted molar refractivity (Wildman–Crippen MR) is 78.1 cm³/mol. The van der Waals surface area contributed by atoms with Crippen LogP contribution >= 0.6 is 0 Å². The minimum absolute atomic E-state index is 0.309. The second kappa shape index (κ2) is 5.38. The SMILES string of the molecule is CCNC(C1=COCCC1)C1(c2ccccc2)CC1. The number of hydrogen-bond acceptors (Lipinski definition) is 2. The van der Waals surface area contributed by atoms with Crippen molar-refractivity contribution in [3.8, 4) is 0 Å². The minimum atomic E-state index is 0.309. The van der Waals surface area contributed by atoms with Crippen LogP contribution in [-0.4, -0.2) is 19.2 Å². The number of likely N-dealkylation sites (N-methyl/N-ethyl adjacent to an activating group) is 1. The maximum absolute atomic E-state index is 5.57. The van der Waals surface area contributed by atoms with Crippen molar-refractivity contribution in [2.75, 3.05) is 13.2 Å². The van der Waals surface area contributed by atoms with Crippen molar-refractivity contribution < 1.29 is 4.74 Å². The van der Waals surface area contributed by atoms with Crippen LogP contribution in [0.15, 0.2) is 42.2 Å². The van der Waals surface area contributed by atoms with E-state index in [1.54, 1.807) is 0 Å². The smallest absolute Gasteiger partial charge is 0.0876 e. The molecule has 0 radical (unpaired) electrons. The maximum atomic E-state index is 5.57. The standard InChI is InChI=1S/C17H23NO/c1-2-18-16(14-7-6-12-19-13-14)17(10-11-17)15-8-4-3-5-9-15/h3-5,8-9,13,16,18H,2,6-7,10-12H2,1H3. The fraction of sp³-hybridized carbons (Fsp3) is 0.529. The van der Waals surface area contributed by atoms with Gasteiger partial charge in [-0.3, -0.25) is 0 Å². The predicted octanol–water partition coefficient (Wildman–Crippen LogP) is 3.39. The number of hydrogen-bond donors (Lipinski definition) is 1. The number of benzene rings is 1. The summed E-state index contributed by atoms with van der Waals surface area (Å²) in [7, 11) is 0. The second-order valence-electron chi connectivity index (χ2n) is 5.68. The molecule has 1 unspecified atom stereocenters. The minimum Gasteiger partial charge on any atom is -0.501 e. The van der Waals surface area contributed by atoms with Crippen LogP contribution < -0.4 is 5.32 Å². The average Bonchev–Trinajstić information content (AvgIpc) is 3.28. The zero-order valence-electron chi connectivity index (χ0n) is 11.7. The molecular formula is C17H23NO. The summed E-state index contributed by atoms with van der Waals surface area (Å²) in [6, 6.07) is 11.4. The van der Waals surface area contributed by atoms with E-state index in [2.05, 4.69) is 42.6 Å². The number of rotatable bonds is 5. The molecule has 2 nitrogen and oxygen atoms in total. The molecule has 2 heteroatoms. The Morgan fingerprint density at radius 3 is 2.63 bits per heavy atom. The molecule has 3 rings (SSSR count). The Kier molecular flexibility index (Phi) is 3.61. The highest BCUT2D eigenvalue weighted by Gasteiger charge is 2.51. The van der Waals surface area contributed by atoms with Crippen LogP contribution in [0.2, 0.25) is 0 Å². The van der Waals surface area contributed by atoms with Crippen LogP contribution in [0.3, 0.4) is 0 Å². The molecule has 2 aliphatic rings. The molecule has 19 heavy (non-hydrogen) atoms. The van der Waals surface area contributed by atoms with Crippen LogP contribution in [0.5, 0.6) is 0 Å². The molecule has 1 aliphatic carbocycles. The zero-order chi connectivity index (χ0) is 13.1. The van der Waals surface area contributed by atoms with Gasteiger partial charge in [0.2, 0.25) is 0 Å². The van der Waals surface area contributed by atoms with Gasteiger partial charge >= 0.3 is 0 Å². The second-order valence-corrected chi connectivity index (χ2v) is 5.68. The van der Waals surface area contributed by atoms with Crippen LogP contribution in [-0.2, 0) is 10.2 Å². The molecule has 0 bridgehead atoms. The van der Waals surface area contributed by atoms with Gasteiger partial charge in [-0.15, -0.1) is 0 Å². The van der Waals surface area contributed by atoms with Crippen molar-refractivity contribution in [3.63, 3.8) is 0 Å². The monoisotopic (exact) mass is 257 g/mol. The Morgan fingerprint density at radius 1 is 1.26 bits per heavy atom. The lowest BCUT2D eigenvalue weighted by Crippen LogP contribution is -2.42. The van der Waals surface area contributed by atoms with E-state index < -0.39 is 0 Å². The van der Waals surface area contributed by atoms with Crippen molar-refractivity contribution in [2.24, 2.45) is 0 Å². The van der Waals surface area contributed by atoms with E-state index in [0.29, 0.717) is 11.5 Å². The molecule has 0 amide bonds. The molecule has 1 fully saturated rings. The van der Waals surface area contributed by atoms with E-state index in [1.165, 1.54) is 30.4 Å². The van der Waals surface area contributed by atoms with Crippen LogP contribution in [0.25, 0.3) is 0 Å². The van der Waals surface area contributed by atoms with Crippen LogP contribution in [0.4, 0.5) is 0 Å². The molecule has 1 heterocycles. The molecule has 1 aromatic carbocycles. The Labute approximate surface area is 115 Å². The van der Waals surface area contributed by atoms with Crippen LogP contribution in [0, 0.1) is 0 Å². The highest BCUT2D eigenvalue weighted by atomic mass is 16.5. The average molecular weight is 257 g/mol. The third-order valence-corrected chi connectivity index (χ3v) is 4.43. The van der Waals surface area contributed by atoms with Gasteiger partial charge in [-0.05, 0) is 43.4 Å². The summed E-state index contributed by atoms with van der Waals surface area (Å²) in [4.78, 5) is 0. The molecular weight excluding hydrogens is 234 g/mol. The molecule has 0 aromatic heterocycles. The van der Waals surface area contributed by atoms with E-state index in [9.17, 15) is 0 Å². The van der Waals surface area contributed by atoms with Crippen molar-refractivity contribution in [1.29, 1.82) is 0 Å². The normalized spacial score (nSPS) is 22.3. The summed E-state index contributed by atoms with van der Waals surface area (Å²) in [5.74, 6) is 0. The molecule has 1 atom stereocenters. The van der Waals surface area contributed by atoms with Gasteiger partial charge in [-0.25, -0.2) is 0 Å². The topological polar surface area (TPSA) is 21.3 Å². The summed E-state index contributed by atoms with van der Waals surface area (Å²) < 4.78 is 5.57. The van der Waals surface area contributed by atoms with Crippen molar-refractivity contribution >= 4 is 0 Å². The van der Waals surface area contributed by atoms with Gasteiger partial charge in [0.1, 0.15) is 0 Å². The van der Waals surface area contributed by atoms with Crippen molar-refractivity contribution in [3.05, 3.63) is 47.7 Å². The quantitative estimate of drug-likeness (QED) is 0.873. The van der Waals surface area contributed by atoms with Gasteiger partial charge in [0.15, 0.2) is 0 Å². The third-order valence-electron chi connectivity index (χ3n) is 4.43. The first-order valence-electron chi connectivity index (χ1n) is 7.46. The summed E-state index contributed by atoms with van der Waals surface area (Å²) in [6.07, 6.45) is 6.91. The first-order valence-corrected chi connectivity index (χ1v) is 7.46. The fourth-order valence-corrected chi connectivity index (χ4v) is 3.33. The van der Waals surface area contributed by atoms with E-state index in [-0.39, 0.29) is 0 Å². The van der Waals surface area contributed by atoms with Gasteiger partial charge < -0.3 is 10.1 Å². The van der Waals surface area contributed by atoms with Crippen molar-refractivity contribution in [2.45, 2.75) is 44.1 Å². The zero-order valence-corrected chi connectivity index (χ0v) is 11.7. The summed E-state index contributed by atoms with van der Waals surface area (Å²) in [6.45, 7) is 4.08. The summed E-state index contributed by atoms with van der Waals surface area (Å²) in [5, 5.41) is 3.71. The van der Waals surface area contributed by atoms with Crippen LogP contribution in [0.1, 0.15) is 38.2 Å². The molecule has 102 valence electrons. The largest absolute Gasteiger partial charge is 0.501 e. The van der Waals surface area contributed by atoms with Crippen molar-refractivity contribution in [1.82, 2.24) is 5.32 Å². The maximum Gasteiger partial charge on any atom is 0.0876 e. The molecule has 0 saturated heterocycles. The highest BCUT2D eigenvalue weighted by molar-refractivity contribution is 5.38. The van der Waals surface area contributed by atoms with E-state index in [4.69, 9.17) is 4.74 Å². The lowest BCUT2D eigenvalue weighted by molar-refractivity contribution is 0.216.